The molecule has 120 valence electrons. The first kappa shape index (κ1) is 16.1. The van der Waals surface area contributed by atoms with Crippen molar-refractivity contribution in [1.29, 1.82) is 5.26 Å². The molecule has 2 aliphatic rings. The van der Waals surface area contributed by atoms with Crippen LogP contribution in [-0.2, 0) is 0 Å². The van der Waals surface area contributed by atoms with E-state index in [4.69, 9.17) is 23.1 Å². The Labute approximate surface area is 147 Å². The van der Waals surface area contributed by atoms with Crippen LogP contribution >= 0.6 is 27.5 Å². The van der Waals surface area contributed by atoms with Gasteiger partial charge < -0.3 is 11.5 Å². The maximum Gasteiger partial charge on any atom is 0.220 e. The number of rotatable bonds is 1. The molecule has 1 aromatic carbocycles. The second kappa shape index (κ2) is 6.02. The van der Waals surface area contributed by atoms with Gasteiger partial charge in [0.2, 0.25) is 11.9 Å². The molecule has 0 saturated heterocycles. The van der Waals surface area contributed by atoms with Crippen molar-refractivity contribution in [2.75, 3.05) is 4.90 Å². The summed E-state index contributed by atoms with van der Waals surface area (Å²) in [6.45, 7) is 0. The molecule has 0 aromatic heterocycles. The van der Waals surface area contributed by atoms with Gasteiger partial charge in [-0.05, 0) is 53.7 Å². The summed E-state index contributed by atoms with van der Waals surface area (Å²) in [5.74, 6) is 0.427. The number of hydrogen-bond acceptors (Lipinski definition) is 6. The Morgan fingerprint density at radius 1 is 1.26 bits per heavy atom. The quantitative estimate of drug-likeness (QED) is 0.762. The van der Waals surface area contributed by atoms with Gasteiger partial charge in [-0.15, -0.1) is 0 Å². The third-order valence-electron chi connectivity index (χ3n) is 4.25. The predicted molar refractivity (Wildman–Crippen MR) is 95.4 cm³/mol. The predicted octanol–water partition coefficient (Wildman–Crippen LogP) is 3.08. The fourth-order valence-corrected chi connectivity index (χ4v) is 3.78. The molecule has 1 spiro atoms. The topological polar surface area (TPSA) is 104 Å². The standard InChI is InChI=1S/C15H16BrClN6/c16-10-6-9(8-18)12(7-11(10)17)23-14(20)21-13(19)22-15(23)4-2-1-3-5-15/h6-7H,1-5H2,(H4,19,20,21,22). The van der Waals surface area contributed by atoms with Gasteiger partial charge in [-0.3, -0.25) is 4.90 Å². The number of nitrogens with two attached hydrogens (primary N) is 2. The van der Waals surface area contributed by atoms with Crippen LogP contribution in [0.15, 0.2) is 26.6 Å². The molecule has 0 radical (unpaired) electrons. The van der Waals surface area contributed by atoms with Crippen LogP contribution in [0.3, 0.4) is 0 Å². The van der Waals surface area contributed by atoms with E-state index in [1.165, 1.54) is 0 Å². The lowest BCUT2D eigenvalue weighted by molar-refractivity contribution is 0.305. The van der Waals surface area contributed by atoms with E-state index in [0.717, 1.165) is 32.1 Å². The highest BCUT2D eigenvalue weighted by atomic mass is 79.9. The number of aliphatic imine (C=N–C) groups is 2. The number of benzene rings is 1. The molecule has 1 aliphatic heterocycles. The van der Waals surface area contributed by atoms with Crippen LogP contribution in [0.4, 0.5) is 5.69 Å². The molecule has 4 N–H and O–H groups in total. The Morgan fingerprint density at radius 3 is 2.61 bits per heavy atom. The van der Waals surface area contributed by atoms with Crippen LogP contribution in [0.25, 0.3) is 0 Å². The molecular formula is C15H16BrClN6. The van der Waals surface area contributed by atoms with Gasteiger partial charge in [0.1, 0.15) is 11.7 Å². The molecule has 1 saturated carbocycles. The van der Waals surface area contributed by atoms with Gasteiger partial charge in [0.15, 0.2) is 0 Å². The molecule has 0 amide bonds. The van der Waals surface area contributed by atoms with Crippen molar-refractivity contribution < 1.29 is 0 Å². The maximum atomic E-state index is 9.51. The lowest BCUT2D eigenvalue weighted by Gasteiger charge is -2.45. The van der Waals surface area contributed by atoms with Gasteiger partial charge in [0.25, 0.3) is 0 Å². The van der Waals surface area contributed by atoms with Gasteiger partial charge >= 0.3 is 0 Å². The highest BCUT2D eigenvalue weighted by Gasteiger charge is 2.43. The zero-order valence-electron chi connectivity index (χ0n) is 12.4. The van der Waals surface area contributed by atoms with Crippen LogP contribution in [0.5, 0.6) is 0 Å². The summed E-state index contributed by atoms with van der Waals surface area (Å²) >= 11 is 9.59. The molecule has 3 rings (SSSR count). The third-order valence-corrected chi connectivity index (χ3v) is 5.45. The Kier molecular flexibility index (Phi) is 4.21. The number of guanidine groups is 2. The highest BCUT2D eigenvalue weighted by Crippen LogP contribution is 2.42. The van der Waals surface area contributed by atoms with E-state index in [9.17, 15) is 5.26 Å². The molecular weight excluding hydrogens is 380 g/mol. The monoisotopic (exact) mass is 394 g/mol. The fraction of sp³-hybridized carbons (Fsp3) is 0.400. The molecule has 6 nitrogen and oxygen atoms in total. The van der Waals surface area contributed by atoms with Gasteiger partial charge in [0.05, 0.1) is 16.3 Å². The number of hydrogen-bond donors (Lipinski definition) is 2. The van der Waals surface area contributed by atoms with E-state index in [1.807, 2.05) is 4.90 Å². The van der Waals surface area contributed by atoms with Gasteiger partial charge in [-0.1, -0.05) is 18.0 Å². The van der Waals surface area contributed by atoms with E-state index in [-0.39, 0.29) is 11.9 Å². The van der Waals surface area contributed by atoms with Crippen molar-refractivity contribution in [2.24, 2.45) is 21.5 Å². The van der Waals surface area contributed by atoms with E-state index in [2.05, 4.69) is 32.0 Å². The molecule has 0 bridgehead atoms. The van der Waals surface area contributed by atoms with Crippen molar-refractivity contribution >= 4 is 45.1 Å². The first-order chi connectivity index (χ1) is 11.0. The van der Waals surface area contributed by atoms with Crippen molar-refractivity contribution in [2.45, 2.75) is 37.8 Å². The lowest BCUT2D eigenvalue weighted by Crippen LogP contribution is -2.58. The SMILES string of the molecule is N#Cc1cc(Br)c(Cl)cc1N1C(N)=NC(N)=NC12CCCCC2. The van der Waals surface area contributed by atoms with E-state index in [1.54, 1.807) is 12.1 Å². The minimum absolute atomic E-state index is 0.183. The largest absolute Gasteiger partial charge is 0.369 e. The van der Waals surface area contributed by atoms with Crippen LogP contribution < -0.4 is 16.4 Å². The van der Waals surface area contributed by atoms with Gasteiger partial charge in [0, 0.05) is 4.47 Å². The summed E-state index contributed by atoms with van der Waals surface area (Å²) in [7, 11) is 0. The molecule has 1 aliphatic carbocycles. The molecule has 1 fully saturated rings. The van der Waals surface area contributed by atoms with E-state index >= 15 is 0 Å². The smallest absolute Gasteiger partial charge is 0.220 e. The average Bonchev–Trinajstić information content (AvgIpc) is 2.50. The number of anilines is 1. The van der Waals surface area contributed by atoms with Gasteiger partial charge in [-0.25, -0.2) is 4.99 Å². The maximum absolute atomic E-state index is 9.51. The summed E-state index contributed by atoms with van der Waals surface area (Å²) in [5, 5.41) is 10.0. The minimum atomic E-state index is -0.586. The van der Waals surface area contributed by atoms with Crippen molar-refractivity contribution in [3.8, 4) is 6.07 Å². The Morgan fingerprint density at radius 2 is 1.96 bits per heavy atom. The normalized spacial score (nSPS) is 20.0. The summed E-state index contributed by atoms with van der Waals surface area (Å²) < 4.78 is 0.660. The zero-order chi connectivity index (χ0) is 16.6. The summed E-state index contributed by atoms with van der Waals surface area (Å²) in [6, 6.07) is 5.60. The second-order valence-corrected chi connectivity index (χ2v) is 6.98. The molecule has 8 heteroatoms. The molecule has 1 aromatic rings. The first-order valence-corrected chi connectivity index (χ1v) is 8.53. The summed E-state index contributed by atoms with van der Waals surface area (Å²) in [6.07, 6.45) is 4.80. The Balaban J connectivity index is 2.18. The van der Waals surface area contributed by atoms with Crippen LogP contribution in [-0.4, -0.2) is 17.6 Å². The molecule has 1 heterocycles. The Bertz CT molecular complexity index is 745. The number of halogens is 2. The third kappa shape index (κ3) is 2.77. The highest BCUT2D eigenvalue weighted by molar-refractivity contribution is 9.10. The van der Waals surface area contributed by atoms with E-state index < -0.39 is 5.66 Å². The van der Waals surface area contributed by atoms with Crippen LogP contribution in [0.1, 0.15) is 37.7 Å². The van der Waals surface area contributed by atoms with Crippen molar-refractivity contribution in [1.82, 2.24) is 0 Å². The van der Waals surface area contributed by atoms with Crippen LogP contribution in [0, 0.1) is 11.3 Å². The molecule has 0 unspecified atom stereocenters. The van der Waals surface area contributed by atoms with Crippen molar-refractivity contribution in [3.05, 3.63) is 27.2 Å². The Hall–Kier alpha value is -1.78. The summed E-state index contributed by atoms with van der Waals surface area (Å²) in [5.41, 5.74) is 12.5. The minimum Gasteiger partial charge on any atom is -0.369 e. The zero-order valence-corrected chi connectivity index (χ0v) is 14.7. The lowest BCUT2D eigenvalue weighted by atomic mass is 9.87. The van der Waals surface area contributed by atoms with Gasteiger partial charge in [-0.2, -0.15) is 10.3 Å². The van der Waals surface area contributed by atoms with E-state index in [0.29, 0.717) is 20.7 Å². The van der Waals surface area contributed by atoms with Crippen molar-refractivity contribution in [3.63, 3.8) is 0 Å². The second-order valence-electron chi connectivity index (χ2n) is 5.71. The molecule has 0 atom stereocenters. The average molecular weight is 396 g/mol. The molecule has 23 heavy (non-hydrogen) atoms. The first-order valence-electron chi connectivity index (χ1n) is 7.36. The fourth-order valence-electron chi connectivity index (χ4n) is 3.28. The number of nitrogens with zero attached hydrogens (tertiary/aromatic N) is 4. The summed E-state index contributed by atoms with van der Waals surface area (Å²) in [4.78, 5) is 10.5. The van der Waals surface area contributed by atoms with Crippen LogP contribution in [0.2, 0.25) is 5.02 Å². The number of nitriles is 1.